The molecule has 41 heavy (non-hydrogen) atoms. The molecular weight excluding hydrogens is 569 g/mol. The van der Waals surface area contributed by atoms with E-state index in [0.717, 1.165) is 47.3 Å². The SMILES string of the molecule is C.C.C.C.CC1CCC(C2CCC(C)CC2)CC1.Cc1ccc(C2CCC(C3CCC(C)CC3)CC2)c(C)c1C.[Y]. The fraction of sp³-hybridized carbons (Fsp3) is 0.850. The van der Waals surface area contributed by atoms with Gasteiger partial charge in [-0.1, -0.05) is 101 Å². The molecule has 5 rings (SSSR count). The number of hydrogen-bond donors (Lipinski definition) is 0. The molecule has 239 valence electrons. The van der Waals surface area contributed by atoms with E-state index in [1.54, 1.807) is 36.8 Å². The van der Waals surface area contributed by atoms with Crippen LogP contribution in [0, 0.1) is 62.2 Å². The molecule has 1 heteroatoms. The second kappa shape index (κ2) is 21.1. The Kier molecular flexibility index (Phi) is 22.4. The minimum atomic E-state index is 0. The number of aryl methyl sites for hydroxylation is 1. The van der Waals surface area contributed by atoms with Gasteiger partial charge in [-0.25, -0.2) is 0 Å². The third-order valence-electron chi connectivity index (χ3n) is 11.8. The standard InChI is InChI=1S/C22H34.C14H26.4CH4.Y/c1-15-5-8-19(9-6-15)20-10-12-21(13-11-20)22-14-7-16(2)17(3)18(22)4;1-11-3-7-13(8-4-11)14-9-5-12(2)6-10-14;;;;;/h7,14-15,19-21H,5-6,8-13H2,1-4H3;11-14H,3-10H2,1-2H3;4*1H4;. The normalized spacial score (nSPS) is 33.0. The van der Waals surface area contributed by atoms with Crippen molar-refractivity contribution in [3.8, 4) is 0 Å². The van der Waals surface area contributed by atoms with E-state index < -0.39 is 0 Å². The largest absolute Gasteiger partial charge is 0.0776 e. The molecule has 4 saturated carbocycles. The third kappa shape index (κ3) is 12.3. The van der Waals surface area contributed by atoms with Crippen molar-refractivity contribution in [2.24, 2.45) is 41.4 Å². The second-order valence-electron chi connectivity index (χ2n) is 14.4. The molecule has 0 amide bonds. The maximum atomic E-state index is 2.44. The molecule has 0 nitrogen and oxygen atoms in total. The van der Waals surface area contributed by atoms with E-state index in [1.807, 2.05) is 0 Å². The Balaban J connectivity index is 0. The van der Waals surface area contributed by atoms with Crippen molar-refractivity contribution in [2.75, 3.05) is 0 Å². The van der Waals surface area contributed by atoms with Crippen LogP contribution in [-0.2, 0) is 32.7 Å². The van der Waals surface area contributed by atoms with Crippen LogP contribution in [0.4, 0.5) is 0 Å². The average molecular weight is 646 g/mol. The van der Waals surface area contributed by atoms with Gasteiger partial charge in [-0.05, 0) is 155 Å². The Morgan fingerprint density at radius 3 is 1.02 bits per heavy atom. The first-order chi connectivity index (χ1) is 17.3. The Morgan fingerprint density at radius 1 is 0.415 bits per heavy atom. The molecule has 1 radical (unpaired) electrons. The van der Waals surface area contributed by atoms with Crippen LogP contribution in [0.25, 0.3) is 0 Å². The molecule has 0 saturated heterocycles. The first-order valence-electron chi connectivity index (χ1n) is 16.4. The molecule has 0 aliphatic heterocycles. The van der Waals surface area contributed by atoms with E-state index in [-0.39, 0.29) is 62.4 Å². The fourth-order valence-corrected chi connectivity index (χ4v) is 8.59. The van der Waals surface area contributed by atoms with Crippen LogP contribution in [0.3, 0.4) is 0 Å². The predicted molar refractivity (Wildman–Crippen MR) is 186 cm³/mol. The minimum absolute atomic E-state index is 0. The second-order valence-corrected chi connectivity index (χ2v) is 14.4. The van der Waals surface area contributed by atoms with Gasteiger partial charge in [0.1, 0.15) is 0 Å². The van der Waals surface area contributed by atoms with Crippen molar-refractivity contribution < 1.29 is 32.7 Å². The van der Waals surface area contributed by atoms with Crippen LogP contribution in [0.5, 0.6) is 0 Å². The summed E-state index contributed by atoms with van der Waals surface area (Å²) in [7, 11) is 0. The van der Waals surface area contributed by atoms with Crippen molar-refractivity contribution >= 4 is 0 Å². The van der Waals surface area contributed by atoms with Gasteiger partial charge in [-0.15, -0.1) is 0 Å². The molecule has 0 heterocycles. The number of hydrogen-bond acceptors (Lipinski definition) is 0. The number of rotatable bonds is 3. The first-order valence-corrected chi connectivity index (χ1v) is 16.4. The van der Waals surface area contributed by atoms with E-state index in [1.165, 1.54) is 88.2 Å². The molecular formula is C40H76Y. The first kappa shape index (κ1) is 43.5. The van der Waals surface area contributed by atoms with Gasteiger partial charge in [0.05, 0.1) is 0 Å². The topological polar surface area (TPSA) is 0 Å². The van der Waals surface area contributed by atoms with Gasteiger partial charge in [0.2, 0.25) is 0 Å². The van der Waals surface area contributed by atoms with Gasteiger partial charge in [0.15, 0.2) is 0 Å². The smallest absolute Gasteiger partial charge is 0 e. The van der Waals surface area contributed by atoms with Crippen molar-refractivity contribution in [3.05, 3.63) is 34.4 Å². The van der Waals surface area contributed by atoms with Gasteiger partial charge in [-0.2, -0.15) is 0 Å². The summed E-state index contributed by atoms with van der Waals surface area (Å²) in [5.74, 6) is 8.18. The quantitative estimate of drug-likeness (QED) is 0.307. The summed E-state index contributed by atoms with van der Waals surface area (Å²) >= 11 is 0. The predicted octanol–water partition coefficient (Wildman–Crippen LogP) is 13.9. The van der Waals surface area contributed by atoms with Crippen molar-refractivity contribution in [1.82, 2.24) is 0 Å². The van der Waals surface area contributed by atoms with Gasteiger partial charge in [0, 0.05) is 32.7 Å². The van der Waals surface area contributed by atoms with Crippen molar-refractivity contribution in [3.63, 3.8) is 0 Å². The van der Waals surface area contributed by atoms with Crippen molar-refractivity contribution in [2.45, 2.75) is 180 Å². The zero-order valence-electron chi connectivity index (χ0n) is 25.7. The van der Waals surface area contributed by atoms with Crippen LogP contribution in [0.2, 0.25) is 0 Å². The van der Waals surface area contributed by atoms with Gasteiger partial charge in [0.25, 0.3) is 0 Å². The molecule has 1 aromatic rings. The summed E-state index contributed by atoms with van der Waals surface area (Å²) in [6.45, 7) is 14.2. The Morgan fingerprint density at radius 2 is 0.707 bits per heavy atom. The summed E-state index contributed by atoms with van der Waals surface area (Å²) < 4.78 is 0. The summed E-state index contributed by atoms with van der Waals surface area (Å²) in [6, 6.07) is 4.76. The molecule has 1 aromatic carbocycles. The molecule has 0 aromatic heterocycles. The van der Waals surface area contributed by atoms with E-state index in [2.05, 4.69) is 53.7 Å². The molecule has 0 bridgehead atoms. The Bertz CT molecular complexity index is 759. The molecule has 4 fully saturated rings. The van der Waals surface area contributed by atoms with Crippen LogP contribution in [0.15, 0.2) is 12.1 Å². The Hall–Kier alpha value is 0.324. The minimum Gasteiger partial charge on any atom is -0.0776 e. The third-order valence-corrected chi connectivity index (χ3v) is 11.8. The van der Waals surface area contributed by atoms with E-state index in [0.29, 0.717) is 0 Å². The van der Waals surface area contributed by atoms with E-state index in [9.17, 15) is 0 Å². The van der Waals surface area contributed by atoms with E-state index >= 15 is 0 Å². The summed E-state index contributed by atoms with van der Waals surface area (Å²) in [5.41, 5.74) is 6.18. The zero-order valence-corrected chi connectivity index (χ0v) is 28.5. The maximum absolute atomic E-state index is 2.44. The zero-order chi connectivity index (χ0) is 25.7. The molecule has 0 N–H and O–H groups in total. The molecule has 4 aliphatic rings. The Labute approximate surface area is 286 Å². The molecule has 0 atom stereocenters. The van der Waals surface area contributed by atoms with Gasteiger partial charge < -0.3 is 0 Å². The summed E-state index contributed by atoms with van der Waals surface area (Å²) in [4.78, 5) is 0. The average Bonchev–Trinajstić information content (AvgIpc) is 2.89. The summed E-state index contributed by atoms with van der Waals surface area (Å²) in [6.07, 6.45) is 24.0. The monoisotopic (exact) mass is 646 g/mol. The van der Waals surface area contributed by atoms with Crippen LogP contribution >= 0.6 is 0 Å². The molecule has 0 unspecified atom stereocenters. The van der Waals surface area contributed by atoms with Crippen LogP contribution in [-0.4, -0.2) is 0 Å². The molecule has 4 aliphatic carbocycles. The van der Waals surface area contributed by atoms with E-state index in [4.69, 9.17) is 0 Å². The van der Waals surface area contributed by atoms with Gasteiger partial charge >= 0.3 is 0 Å². The van der Waals surface area contributed by atoms with Crippen molar-refractivity contribution in [1.29, 1.82) is 0 Å². The fourth-order valence-electron chi connectivity index (χ4n) is 8.59. The number of benzene rings is 1. The van der Waals surface area contributed by atoms with Gasteiger partial charge in [-0.3, -0.25) is 0 Å². The maximum Gasteiger partial charge on any atom is 0 e. The van der Waals surface area contributed by atoms with Crippen LogP contribution < -0.4 is 0 Å². The van der Waals surface area contributed by atoms with Crippen LogP contribution in [0.1, 0.15) is 181 Å². The summed E-state index contributed by atoms with van der Waals surface area (Å²) in [5, 5.41) is 0. The molecule has 0 spiro atoms.